The van der Waals surface area contributed by atoms with Crippen molar-refractivity contribution in [1.82, 2.24) is 20.0 Å². The minimum Gasteiger partial charge on any atom is -0.449 e. The summed E-state index contributed by atoms with van der Waals surface area (Å²) in [6.07, 6.45) is 3.08. The Morgan fingerprint density at radius 1 is 1.21 bits per heavy atom. The molecular formula is C22H32CsN5O5S. The fourth-order valence-corrected chi connectivity index (χ4v) is 3.69. The van der Waals surface area contributed by atoms with Gasteiger partial charge in [-0.25, -0.2) is 14.8 Å². The maximum atomic E-state index is 11.7. The normalized spacial score (nSPS) is 17.9. The molecule has 1 unspecified atom stereocenters. The average molecular weight is 612 g/mol. The van der Waals surface area contributed by atoms with Crippen molar-refractivity contribution in [2.75, 3.05) is 11.9 Å². The largest absolute Gasteiger partial charge is 1.00 e. The van der Waals surface area contributed by atoms with E-state index in [2.05, 4.69) is 25.3 Å². The van der Waals surface area contributed by atoms with Crippen molar-refractivity contribution >= 4 is 29.7 Å². The van der Waals surface area contributed by atoms with Crippen LogP contribution in [0.15, 0.2) is 41.6 Å². The van der Waals surface area contributed by atoms with Gasteiger partial charge < -0.3 is 38.1 Å². The van der Waals surface area contributed by atoms with E-state index >= 15 is 0 Å². The van der Waals surface area contributed by atoms with Gasteiger partial charge >= 0.3 is 81.1 Å². The van der Waals surface area contributed by atoms with Gasteiger partial charge in [-0.2, -0.15) is 4.72 Å². The summed E-state index contributed by atoms with van der Waals surface area (Å²) >= 11 is 0.875. The molecule has 0 spiro atoms. The molecule has 10 nitrogen and oxygen atoms in total. The summed E-state index contributed by atoms with van der Waals surface area (Å²) in [6, 6.07) is 7.15. The molecule has 1 aromatic carbocycles. The molecule has 12 heteroatoms. The minimum absolute atomic E-state index is 0. The predicted octanol–water partition coefficient (Wildman–Crippen LogP) is -0.122. The van der Waals surface area contributed by atoms with Gasteiger partial charge in [0.05, 0.1) is 6.61 Å². The number of rotatable bonds is 10. The van der Waals surface area contributed by atoms with Crippen molar-refractivity contribution in [2.24, 2.45) is 5.92 Å². The third kappa shape index (κ3) is 10.7. The first-order valence-corrected chi connectivity index (χ1v) is 11.3. The molecule has 0 radical (unpaired) electrons. The van der Waals surface area contributed by atoms with Gasteiger partial charge in [-0.15, -0.1) is 0 Å². The van der Waals surface area contributed by atoms with Crippen LogP contribution in [0.1, 0.15) is 44.6 Å². The molecule has 34 heavy (non-hydrogen) atoms. The van der Waals surface area contributed by atoms with E-state index in [0.29, 0.717) is 29.3 Å². The Labute approximate surface area is 263 Å². The van der Waals surface area contributed by atoms with Crippen LogP contribution < -0.4 is 84.2 Å². The van der Waals surface area contributed by atoms with Crippen molar-refractivity contribution in [3.63, 3.8) is 0 Å². The molecule has 1 aliphatic rings. The molecule has 2 aromatic rings. The van der Waals surface area contributed by atoms with Crippen LogP contribution in [0, 0.1) is 13.3 Å². The molecule has 1 saturated carbocycles. The van der Waals surface area contributed by atoms with Crippen LogP contribution in [0.5, 0.6) is 0 Å². The molecule has 1 heterocycles. The summed E-state index contributed by atoms with van der Waals surface area (Å²) in [6.45, 7) is 4.39. The van der Waals surface area contributed by atoms with Crippen molar-refractivity contribution in [3.8, 4) is 0 Å². The molecule has 1 aliphatic carbocycles. The van der Waals surface area contributed by atoms with Crippen molar-refractivity contribution < 1.29 is 93.7 Å². The second-order valence-corrected chi connectivity index (χ2v) is 8.80. The van der Waals surface area contributed by atoms with Crippen LogP contribution in [0.2, 0.25) is 0 Å². The Morgan fingerprint density at radius 3 is 2.38 bits per heavy atom. The fraction of sp³-hybridized carbons (Fsp3) is 0.455. The first-order valence-electron chi connectivity index (χ1n) is 10.4. The van der Waals surface area contributed by atoms with Crippen LogP contribution in [0.3, 0.4) is 0 Å². The summed E-state index contributed by atoms with van der Waals surface area (Å²) in [5.74, 6) is 1.20. The van der Waals surface area contributed by atoms with Gasteiger partial charge in [0.1, 0.15) is 0 Å². The van der Waals surface area contributed by atoms with E-state index in [-0.39, 0.29) is 88.5 Å². The smallest absolute Gasteiger partial charge is 0.449 e. The Morgan fingerprint density at radius 2 is 1.82 bits per heavy atom. The number of nitrogens with zero attached hydrogens (tertiary/aromatic N) is 2. The number of amides is 1. The maximum Gasteiger partial charge on any atom is 1.00 e. The number of hydrogen-bond donors (Lipinski definition) is 6. The second-order valence-electron chi connectivity index (χ2n) is 7.92. The third-order valence-electron chi connectivity index (χ3n) is 5.22. The zero-order valence-corrected chi connectivity index (χ0v) is 27.1. The molecule has 1 fully saturated rings. The van der Waals surface area contributed by atoms with Crippen LogP contribution in [0.25, 0.3) is 0 Å². The van der Waals surface area contributed by atoms with Gasteiger partial charge in [-0.05, 0) is 79.8 Å². The van der Waals surface area contributed by atoms with E-state index in [0.717, 1.165) is 42.5 Å². The first kappa shape index (κ1) is 31.6. The van der Waals surface area contributed by atoms with Gasteiger partial charge in [0.15, 0.2) is 0 Å². The van der Waals surface area contributed by atoms with Crippen molar-refractivity contribution in [3.05, 3.63) is 49.6 Å². The Balaban J connectivity index is 0.00000289. The van der Waals surface area contributed by atoms with E-state index in [4.69, 9.17) is 20.1 Å². The third-order valence-corrected chi connectivity index (χ3v) is 6.11. The van der Waals surface area contributed by atoms with Crippen LogP contribution >= 0.6 is 11.9 Å². The molecular weight excluding hydrogens is 579 g/mol. The van der Waals surface area contributed by atoms with E-state index in [1.165, 1.54) is 0 Å². The number of alkyl carbamates (subject to hydrolysis) is 1. The summed E-state index contributed by atoms with van der Waals surface area (Å²) in [5.41, 5.74) is 1.83. The summed E-state index contributed by atoms with van der Waals surface area (Å²) < 4.78 is 7.37. The zero-order chi connectivity index (χ0) is 23.1. The number of carbonyl (C=O) groups excluding carboxylic acids is 1. The molecule has 1 aromatic heterocycles. The Kier molecular flexibility index (Phi) is 14.0. The van der Waals surface area contributed by atoms with E-state index in [1.807, 2.05) is 26.2 Å². The number of carbonyl (C=O) groups is 1. The summed E-state index contributed by atoms with van der Waals surface area (Å²) in [4.78, 5) is 21.1. The van der Waals surface area contributed by atoms with Crippen LogP contribution in [0.4, 0.5) is 16.4 Å². The molecule has 1 amide bonds. The second kappa shape index (κ2) is 15.0. The predicted molar refractivity (Wildman–Crippen MR) is 126 cm³/mol. The summed E-state index contributed by atoms with van der Waals surface area (Å²) in [7, 11) is 0. The van der Waals surface area contributed by atoms with Crippen LogP contribution in [-0.2, 0) is 4.74 Å². The van der Waals surface area contributed by atoms with Gasteiger partial charge in [0, 0.05) is 29.0 Å². The molecule has 0 saturated heterocycles. The number of anilines is 2. The topological polar surface area (TPSA) is 149 Å². The summed E-state index contributed by atoms with van der Waals surface area (Å²) in [5, 5.41) is 32.4. The fourth-order valence-electron chi connectivity index (χ4n) is 3.16. The minimum atomic E-state index is -2.94. The Hall–Kier alpha value is -0.388. The number of nitrogens with one attached hydrogen (secondary N) is 3. The molecule has 0 aliphatic heterocycles. The molecule has 3 rings (SSSR count). The number of benzene rings is 1. The molecule has 1 atom stereocenters. The Bertz CT molecular complexity index is 877. The average Bonchev–Trinajstić information content (AvgIpc) is 2.72. The zero-order valence-electron chi connectivity index (χ0n) is 20.0. The molecule has 0 bridgehead atoms. The maximum absolute atomic E-state index is 11.7. The van der Waals surface area contributed by atoms with Crippen LogP contribution in [-0.4, -0.2) is 50.1 Å². The van der Waals surface area contributed by atoms with E-state index in [1.54, 1.807) is 24.3 Å². The van der Waals surface area contributed by atoms with Crippen molar-refractivity contribution in [1.29, 1.82) is 0 Å². The number of aromatic nitrogens is 2. The van der Waals surface area contributed by atoms with E-state index in [9.17, 15) is 4.79 Å². The number of hydrogen-bond acceptors (Lipinski definition) is 10. The van der Waals surface area contributed by atoms with Gasteiger partial charge in [0.2, 0.25) is 5.95 Å². The first-order chi connectivity index (χ1) is 15.2. The standard InChI is InChI=1S/C21H29N5O5S.CH3.Cs/c1-3-13(2)24-20(27)31-12-14-8-15(9-14)16-10-22-19(23-11-16)25-17-4-6-18(7-5-17)32-26-21(28,29)30;;/h4-7,10-11,13-15,26,28-30H,3,8-9,12H2,1-2H3,(H,24,27)(H,22,23,25);1H3;/q;-1;+1. The van der Waals surface area contributed by atoms with Crippen molar-refractivity contribution in [2.45, 2.75) is 56.1 Å². The van der Waals surface area contributed by atoms with E-state index < -0.39 is 6.10 Å². The van der Waals surface area contributed by atoms with Gasteiger partial charge in [0.25, 0.3) is 0 Å². The number of ether oxygens (including phenoxy) is 1. The quantitative estimate of drug-likeness (QED) is 0.122. The molecule has 182 valence electrons. The SMILES string of the molecule is CCC(C)NC(=O)OCC1CC(c2cnc(Nc3ccc(SNC(O)(O)O)cc3)nc2)C1.[CH3-].[Cs+]. The number of aliphatic hydroxyl groups is 3. The van der Waals surface area contributed by atoms with Gasteiger partial charge in [-0.3, -0.25) is 0 Å². The van der Waals surface area contributed by atoms with Gasteiger partial charge in [-0.1, -0.05) is 6.92 Å². The molecule has 6 N–H and O–H groups in total. The monoisotopic (exact) mass is 611 g/mol.